The summed E-state index contributed by atoms with van der Waals surface area (Å²) in [5.41, 5.74) is 2.00. The summed E-state index contributed by atoms with van der Waals surface area (Å²) in [6, 6.07) is 3.37. The number of carbonyl (C=O) groups excluding carboxylic acids is 1. The van der Waals surface area contributed by atoms with Crippen molar-refractivity contribution in [1.82, 2.24) is 14.5 Å². The molecule has 0 radical (unpaired) electrons. The van der Waals surface area contributed by atoms with Gasteiger partial charge in [0, 0.05) is 32.7 Å². The number of benzene rings is 1. The number of nitrogens with zero attached hydrogens (tertiary/aromatic N) is 2. The number of rotatable bonds is 4. The Balaban J connectivity index is 1.78. The summed E-state index contributed by atoms with van der Waals surface area (Å²) in [5, 5.41) is 3.43. The highest BCUT2D eigenvalue weighted by molar-refractivity contribution is 7.89. The molecule has 0 aromatic heterocycles. The first-order chi connectivity index (χ1) is 12.7. The second kappa shape index (κ2) is 7.89. The van der Waals surface area contributed by atoms with Crippen LogP contribution in [-0.4, -0.2) is 63.8 Å². The van der Waals surface area contributed by atoms with E-state index < -0.39 is 10.0 Å². The predicted molar refractivity (Wildman–Crippen MR) is 106 cm³/mol. The number of piperidine rings is 1. The van der Waals surface area contributed by atoms with Gasteiger partial charge in [0.1, 0.15) is 0 Å². The van der Waals surface area contributed by atoms with Crippen LogP contribution in [-0.2, 0) is 10.0 Å². The molecular weight excluding hydrogens is 362 g/mol. The Morgan fingerprint density at radius 2 is 1.78 bits per heavy atom. The molecule has 3 rings (SSSR count). The summed E-state index contributed by atoms with van der Waals surface area (Å²) in [4.78, 5) is 15.2. The maximum absolute atomic E-state index is 13.0. The van der Waals surface area contributed by atoms with Crippen LogP contribution in [0, 0.1) is 25.7 Å². The SMILES string of the molecule is Cc1cc(C(=O)N2CCC(C3CCNC3)CC2)cc(S(=O)(=O)N(C)C)c1C. The Labute approximate surface area is 163 Å². The molecule has 2 saturated heterocycles. The highest BCUT2D eigenvalue weighted by Crippen LogP contribution is 2.30. The van der Waals surface area contributed by atoms with Crippen molar-refractivity contribution >= 4 is 15.9 Å². The van der Waals surface area contributed by atoms with Gasteiger partial charge in [-0.1, -0.05) is 0 Å². The van der Waals surface area contributed by atoms with Crippen molar-refractivity contribution in [3.05, 3.63) is 28.8 Å². The van der Waals surface area contributed by atoms with Gasteiger partial charge in [0.05, 0.1) is 4.90 Å². The molecule has 1 amide bonds. The Hall–Kier alpha value is -1.44. The monoisotopic (exact) mass is 393 g/mol. The van der Waals surface area contributed by atoms with E-state index in [1.807, 2.05) is 17.9 Å². The van der Waals surface area contributed by atoms with Gasteiger partial charge >= 0.3 is 0 Å². The van der Waals surface area contributed by atoms with Crippen LogP contribution >= 0.6 is 0 Å². The van der Waals surface area contributed by atoms with Crippen LogP contribution in [0.25, 0.3) is 0 Å². The summed E-state index contributed by atoms with van der Waals surface area (Å²) < 4.78 is 26.5. The third-order valence-corrected chi connectivity index (χ3v) is 8.16. The van der Waals surface area contributed by atoms with Crippen LogP contribution < -0.4 is 5.32 Å². The van der Waals surface area contributed by atoms with E-state index >= 15 is 0 Å². The molecule has 0 saturated carbocycles. The zero-order valence-electron chi connectivity index (χ0n) is 16.8. The zero-order chi connectivity index (χ0) is 19.8. The molecule has 7 heteroatoms. The molecule has 0 aliphatic carbocycles. The third-order valence-electron chi connectivity index (χ3n) is 6.22. The smallest absolute Gasteiger partial charge is 0.253 e. The Morgan fingerprint density at radius 1 is 1.11 bits per heavy atom. The maximum atomic E-state index is 13.0. The van der Waals surface area contributed by atoms with Crippen molar-refractivity contribution in [3.8, 4) is 0 Å². The molecule has 0 spiro atoms. The van der Waals surface area contributed by atoms with Gasteiger partial charge in [-0.15, -0.1) is 0 Å². The van der Waals surface area contributed by atoms with Gasteiger partial charge in [0.15, 0.2) is 0 Å². The number of aryl methyl sites for hydroxylation is 1. The fraction of sp³-hybridized carbons (Fsp3) is 0.650. The number of carbonyl (C=O) groups is 1. The lowest BCUT2D eigenvalue weighted by Gasteiger charge is -2.35. The van der Waals surface area contributed by atoms with Crippen molar-refractivity contribution in [2.24, 2.45) is 11.8 Å². The van der Waals surface area contributed by atoms with E-state index in [0.29, 0.717) is 17.0 Å². The maximum Gasteiger partial charge on any atom is 0.253 e. The van der Waals surface area contributed by atoms with E-state index in [0.717, 1.165) is 50.5 Å². The van der Waals surface area contributed by atoms with Crippen LogP contribution in [0.2, 0.25) is 0 Å². The number of hydrogen-bond acceptors (Lipinski definition) is 4. The fourth-order valence-corrected chi connectivity index (χ4v) is 5.47. The summed E-state index contributed by atoms with van der Waals surface area (Å²) in [7, 11) is -0.551. The van der Waals surface area contributed by atoms with Crippen molar-refractivity contribution in [2.75, 3.05) is 40.3 Å². The van der Waals surface area contributed by atoms with Crippen molar-refractivity contribution in [3.63, 3.8) is 0 Å². The molecule has 1 atom stereocenters. The first kappa shape index (κ1) is 20.3. The molecule has 2 aliphatic rings. The molecule has 0 bridgehead atoms. The van der Waals surface area contributed by atoms with Gasteiger partial charge in [-0.3, -0.25) is 4.79 Å². The fourth-order valence-electron chi connectivity index (χ4n) is 4.25. The van der Waals surface area contributed by atoms with E-state index in [1.165, 1.54) is 24.8 Å². The summed E-state index contributed by atoms with van der Waals surface area (Å²) in [5.74, 6) is 1.37. The zero-order valence-corrected chi connectivity index (χ0v) is 17.6. The molecule has 1 N–H and O–H groups in total. The third kappa shape index (κ3) is 4.05. The Bertz CT molecular complexity index is 806. The van der Waals surface area contributed by atoms with Crippen molar-refractivity contribution in [2.45, 2.75) is 38.0 Å². The minimum absolute atomic E-state index is 0.0590. The molecular formula is C20H31N3O3S. The van der Waals surface area contributed by atoms with Gasteiger partial charge in [-0.25, -0.2) is 12.7 Å². The number of likely N-dealkylation sites (tertiary alicyclic amines) is 1. The highest BCUT2D eigenvalue weighted by atomic mass is 32.2. The minimum Gasteiger partial charge on any atom is -0.339 e. The summed E-state index contributed by atoms with van der Waals surface area (Å²) >= 11 is 0. The molecule has 2 heterocycles. The standard InChI is InChI=1S/C20H31N3O3S/c1-14-11-18(12-19(15(14)2)27(25,26)22(3)4)20(24)23-9-6-16(7-10-23)17-5-8-21-13-17/h11-12,16-17,21H,5-10,13H2,1-4H3. The van der Waals surface area contributed by atoms with Gasteiger partial charge in [-0.2, -0.15) is 0 Å². The van der Waals surface area contributed by atoms with Gasteiger partial charge in [0.25, 0.3) is 5.91 Å². The quantitative estimate of drug-likeness (QED) is 0.850. The number of nitrogens with one attached hydrogen (secondary N) is 1. The van der Waals surface area contributed by atoms with Crippen molar-refractivity contribution < 1.29 is 13.2 Å². The summed E-state index contributed by atoms with van der Waals surface area (Å²) in [6.45, 7) is 7.36. The lowest BCUT2D eigenvalue weighted by molar-refractivity contribution is 0.0663. The normalized spacial score (nSPS) is 21.8. The predicted octanol–water partition coefficient (Wildman–Crippen LogP) is 2.02. The van der Waals surface area contributed by atoms with Gasteiger partial charge in [-0.05, 0) is 81.3 Å². The second-order valence-electron chi connectivity index (χ2n) is 8.09. The van der Waals surface area contributed by atoms with E-state index in [1.54, 1.807) is 13.0 Å². The van der Waals surface area contributed by atoms with Crippen molar-refractivity contribution in [1.29, 1.82) is 0 Å². The van der Waals surface area contributed by atoms with E-state index in [-0.39, 0.29) is 10.8 Å². The van der Waals surface area contributed by atoms with Crippen LogP contribution in [0.15, 0.2) is 17.0 Å². The van der Waals surface area contributed by atoms with Gasteiger partial charge < -0.3 is 10.2 Å². The number of hydrogen-bond donors (Lipinski definition) is 1. The summed E-state index contributed by atoms with van der Waals surface area (Å²) in [6.07, 6.45) is 3.30. The van der Waals surface area contributed by atoms with Gasteiger partial charge in [0.2, 0.25) is 10.0 Å². The van der Waals surface area contributed by atoms with Crippen LogP contribution in [0.5, 0.6) is 0 Å². The average Bonchev–Trinajstić information content (AvgIpc) is 3.17. The van der Waals surface area contributed by atoms with E-state index in [9.17, 15) is 13.2 Å². The average molecular weight is 394 g/mol. The Kier molecular flexibility index (Phi) is 5.93. The molecule has 2 aliphatic heterocycles. The minimum atomic E-state index is -3.58. The number of sulfonamides is 1. The largest absolute Gasteiger partial charge is 0.339 e. The van der Waals surface area contributed by atoms with E-state index in [2.05, 4.69) is 5.32 Å². The first-order valence-corrected chi connectivity index (χ1v) is 11.2. The molecule has 2 fully saturated rings. The first-order valence-electron chi connectivity index (χ1n) is 9.75. The lowest BCUT2D eigenvalue weighted by Crippen LogP contribution is -2.40. The second-order valence-corrected chi connectivity index (χ2v) is 10.2. The van der Waals surface area contributed by atoms with Crippen LogP contribution in [0.4, 0.5) is 0 Å². The molecule has 27 heavy (non-hydrogen) atoms. The Morgan fingerprint density at radius 3 is 2.33 bits per heavy atom. The van der Waals surface area contributed by atoms with Crippen LogP contribution in [0.1, 0.15) is 40.7 Å². The number of amides is 1. The highest BCUT2D eigenvalue weighted by Gasteiger charge is 2.31. The molecule has 1 unspecified atom stereocenters. The topological polar surface area (TPSA) is 69.7 Å². The molecule has 150 valence electrons. The van der Waals surface area contributed by atoms with Crippen LogP contribution in [0.3, 0.4) is 0 Å². The lowest BCUT2D eigenvalue weighted by atomic mass is 9.83. The van der Waals surface area contributed by atoms with E-state index in [4.69, 9.17) is 0 Å². The molecule has 6 nitrogen and oxygen atoms in total. The molecule has 1 aromatic rings. The molecule has 1 aromatic carbocycles.